The highest BCUT2D eigenvalue weighted by molar-refractivity contribution is 5.69. The summed E-state index contributed by atoms with van der Waals surface area (Å²) in [7, 11) is 0. The summed E-state index contributed by atoms with van der Waals surface area (Å²) in [6.07, 6.45) is -2.06. The molecule has 4 aliphatic rings. The van der Waals surface area contributed by atoms with Crippen LogP contribution < -0.4 is 10.6 Å². The molecule has 3 atom stereocenters. The smallest absolute Gasteiger partial charge is 0.407 e. The van der Waals surface area contributed by atoms with Crippen LogP contribution in [0.15, 0.2) is 24.5 Å². The van der Waals surface area contributed by atoms with Gasteiger partial charge in [-0.15, -0.1) is 0 Å². The van der Waals surface area contributed by atoms with E-state index in [1.165, 1.54) is 22.9 Å². The van der Waals surface area contributed by atoms with Gasteiger partial charge < -0.3 is 15.4 Å². The first kappa shape index (κ1) is 22.1. The van der Waals surface area contributed by atoms with Crippen LogP contribution in [0.1, 0.15) is 49.4 Å². The molecule has 35 heavy (non-hydrogen) atoms. The zero-order valence-corrected chi connectivity index (χ0v) is 18.5. The number of fused-ring (bicyclic) bond motifs is 1. The van der Waals surface area contributed by atoms with Crippen molar-refractivity contribution in [3.05, 3.63) is 35.9 Å². The van der Waals surface area contributed by atoms with E-state index in [-0.39, 0.29) is 29.5 Å². The van der Waals surface area contributed by atoms with Crippen molar-refractivity contribution in [3.63, 3.8) is 0 Å². The number of amides is 1. The number of imidazole rings is 1. The number of alkyl carbamates (subject to hydrolysis) is 1. The Balaban J connectivity index is 1.10. The van der Waals surface area contributed by atoms with Gasteiger partial charge in [0.15, 0.2) is 5.82 Å². The van der Waals surface area contributed by atoms with Gasteiger partial charge in [-0.25, -0.2) is 19.2 Å². The molecule has 0 radical (unpaired) electrons. The van der Waals surface area contributed by atoms with E-state index in [2.05, 4.69) is 30.8 Å². The number of rotatable bonds is 6. The molecule has 0 saturated heterocycles. The molecule has 7 rings (SSSR count). The van der Waals surface area contributed by atoms with Crippen molar-refractivity contribution in [1.82, 2.24) is 29.9 Å². The molecule has 13 heteroatoms. The molecule has 186 valence electrons. The topological polar surface area (TPSA) is 109 Å². The zero-order valence-electron chi connectivity index (χ0n) is 18.5. The van der Waals surface area contributed by atoms with Crippen LogP contribution in [0.3, 0.4) is 0 Å². The van der Waals surface area contributed by atoms with Gasteiger partial charge in [0.05, 0.1) is 12.1 Å². The van der Waals surface area contributed by atoms with Crippen LogP contribution in [-0.2, 0) is 11.2 Å². The van der Waals surface area contributed by atoms with Crippen LogP contribution in [0, 0.1) is 5.92 Å². The maximum atomic E-state index is 14.6. The zero-order chi connectivity index (χ0) is 24.4. The maximum absolute atomic E-state index is 14.6. The number of nitrogens with zero attached hydrogens (tertiary/aromatic N) is 4. The minimum Gasteiger partial charge on any atom is -0.443 e. The molecule has 2 bridgehead atoms. The average Bonchev–Trinajstić information content (AvgIpc) is 3.42. The van der Waals surface area contributed by atoms with Gasteiger partial charge in [0.25, 0.3) is 0 Å². The molecular formula is C22H23F4N7O2. The van der Waals surface area contributed by atoms with Crippen LogP contribution in [0.5, 0.6) is 0 Å². The number of hydrogen-bond acceptors (Lipinski definition) is 6. The summed E-state index contributed by atoms with van der Waals surface area (Å²) in [5.41, 5.74) is 0.720. The van der Waals surface area contributed by atoms with Gasteiger partial charge in [-0.3, -0.25) is 9.50 Å². The fraction of sp³-hybridized carbons (Fsp3) is 0.545. The molecular weight excluding hydrogens is 470 g/mol. The summed E-state index contributed by atoms with van der Waals surface area (Å²) in [5, 5.41) is 12.9. The summed E-state index contributed by atoms with van der Waals surface area (Å²) in [4.78, 5) is 20.4. The first-order chi connectivity index (χ1) is 16.6. The lowest BCUT2D eigenvalue weighted by molar-refractivity contribution is -0.127. The SMILES string of the molecule is O=C(NC12CC(C1)C2)O[C@H]1C[C@@H](c2cc(Nc3nccc4nc(CC(F)(F)F)cn34)n[nH]2)C[C@H]1F. The standard InChI is InChI=1S/C22H23F4N7O2/c23-14-3-12(4-16(14)35-20(34)30-21-6-11(7-21)8-21)15-5-17(32-31-15)29-19-27-2-1-18-28-13(10-33(18)19)9-22(24,25)26/h1-2,5,10-12,14,16H,3-4,6-9H2,(H,30,34)(H2,27,29,31,32)/t11?,12-,14+,16-,21?/m0/s1. The third-order valence-electron chi connectivity index (χ3n) is 7.18. The third kappa shape index (κ3) is 4.27. The van der Waals surface area contributed by atoms with Gasteiger partial charge in [0.1, 0.15) is 17.9 Å². The van der Waals surface area contributed by atoms with Crippen LogP contribution in [0.4, 0.5) is 34.1 Å². The van der Waals surface area contributed by atoms with Crippen molar-refractivity contribution in [2.75, 3.05) is 5.32 Å². The fourth-order valence-electron chi connectivity index (χ4n) is 5.42. The maximum Gasteiger partial charge on any atom is 0.407 e. The van der Waals surface area contributed by atoms with E-state index in [9.17, 15) is 22.4 Å². The van der Waals surface area contributed by atoms with Crippen LogP contribution >= 0.6 is 0 Å². The predicted octanol–water partition coefficient (Wildman–Crippen LogP) is 4.16. The van der Waals surface area contributed by atoms with Crippen molar-refractivity contribution in [2.24, 2.45) is 5.92 Å². The number of nitrogens with one attached hydrogen (secondary N) is 3. The molecule has 0 unspecified atom stereocenters. The molecule has 0 spiro atoms. The van der Waals surface area contributed by atoms with Crippen LogP contribution in [0.25, 0.3) is 5.65 Å². The summed E-state index contributed by atoms with van der Waals surface area (Å²) >= 11 is 0. The number of hydrogen-bond donors (Lipinski definition) is 3. The van der Waals surface area contributed by atoms with E-state index in [0.717, 1.165) is 19.3 Å². The van der Waals surface area contributed by atoms with Crippen LogP contribution in [0.2, 0.25) is 0 Å². The predicted molar refractivity (Wildman–Crippen MR) is 115 cm³/mol. The van der Waals surface area contributed by atoms with Crippen molar-refractivity contribution < 1.29 is 27.1 Å². The van der Waals surface area contributed by atoms with Crippen molar-refractivity contribution >= 4 is 23.5 Å². The fourth-order valence-corrected chi connectivity index (χ4v) is 5.42. The molecule has 0 aliphatic heterocycles. The monoisotopic (exact) mass is 493 g/mol. The summed E-state index contributed by atoms with van der Waals surface area (Å²) in [6, 6.07) is 3.20. The number of carbonyl (C=O) groups excluding carboxylic acids is 1. The Morgan fingerprint density at radius 2 is 2.09 bits per heavy atom. The van der Waals surface area contributed by atoms with E-state index in [1.54, 1.807) is 6.07 Å². The molecule has 3 aromatic rings. The number of halogens is 4. The van der Waals surface area contributed by atoms with E-state index in [0.29, 0.717) is 29.5 Å². The lowest BCUT2D eigenvalue weighted by Gasteiger charge is -2.61. The minimum atomic E-state index is -4.37. The Bertz CT molecular complexity index is 1260. The molecule has 9 nitrogen and oxygen atoms in total. The van der Waals surface area contributed by atoms with E-state index >= 15 is 0 Å². The Labute approximate surface area is 196 Å². The van der Waals surface area contributed by atoms with Crippen molar-refractivity contribution in [1.29, 1.82) is 0 Å². The van der Waals surface area contributed by atoms with E-state index < -0.39 is 31.0 Å². The van der Waals surface area contributed by atoms with Crippen LogP contribution in [-0.4, -0.2) is 54.7 Å². The molecule has 1 amide bonds. The number of ether oxygens (including phenoxy) is 1. The molecule has 4 fully saturated rings. The second-order valence-corrected chi connectivity index (χ2v) is 9.87. The highest BCUT2D eigenvalue weighted by Crippen LogP contribution is 2.57. The van der Waals surface area contributed by atoms with E-state index in [4.69, 9.17) is 4.74 Å². The molecule has 4 saturated carbocycles. The highest BCUT2D eigenvalue weighted by Gasteiger charge is 2.58. The number of aromatic amines is 1. The molecule has 3 N–H and O–H groups in total. The first-order valence-electron chi connectivity index (χ1n) is 11.5. The number of anilines is 2. The second-order valence-electron chi connectivity index (χ2n) is 9.87. The largest absolute Gasteiger partial charge is 0.443 e. The summed E-state index contributed by atoms with van der Waals surface area (Å²) in [5.74, 6) is 1.09. The molecule has 4 aliphatic carbocycles. The second kappa shape index (κ2) is 7.82. The Hall–Kier alpha value is -3.38. The Morgan fingerprint density at radius 3 is 2.80 bits per heavy atom. The number of alkyl halides is 4. The molecule has 0 aromatic carbocycles. The van der Waals surface area contributed by atoms with Gasteiger partial charge >= 0.3 is 12.3 Å². The van der Waals surface area contributed by atoms with Crippen molar-refractivity contribution in [3.8, 4) is 0 Å². The highest BCUT2D eigenvalue weighted by atomic mass is 19.4. The minimum absolute atomic E-state index is 0.125. The van der Waals surface area contributed by atoms with Gasteiger partial charge in [-0.2, -0.15) is 18.3 Å². The lowest BCUT2D eigenvalue weighted by Crippen LogP contribution is -2.68. The Kier molecular flexibility index (Phi) is 4.94. The van der Waals surface area contributed by atoms with Gasteiger partial charge in [-0.1, -0.05) is 0 Å². The van der Waals surface area contributed by atoms with Gasteiger partial charge in [0, 0.05) is 35.6 Å². The third-order valence-corrected chi connectivity index (χ3v) is 7.18. The number of H-pyrrole nitrogens is 1. The van der Waals surface area contributed by atoms with Gasteiger partial charge in [0.2, 0.25) is 5.95 Å². The average molecular weight is 493 g/mol. The Morgan fingerprint density at radius 1 is 1.29 bits per heavy atom. The number of carbonyl (C=O) groups is 1. The summed E-state index contributed by atoms with van der Waals surface area (Å²) in [6.45, 7) is 0. The number of aromatic nitrogens is 5. The van der Waals surface area contributed by atoms with E-state index in [1.807, 2.05) is 0 Å². The van der Waals surface area contributed by atoms with Gasteiger partial charge in [-0.05, 0) is 44.1 Å². The van der Waals surface area contributed by atoms with Crippen molar-refractivity contribution in [2.45, 2.75) is 68.4 Å². The lowest BCUT2D eigenvalue weighted by atomic mass is 9.50. The molecule has 3 heterocycles. The first-order valence-corrected chi connectivity index (χ1v) is 11.5. The summed E-state index contributed by atoms with van der Waals surface area (Å²) < 4.78 is 59.6. The molecule has 3 aromatic heterocycles. The normalized spacial score (nSPS) is 29.5. The quantitative estimate of drug-likeness (QED) is 0.445.